The Bertz CT molecular complexity index is 875. The summed E-state index contributed by atoms with van der Waals surface area (Å²) in [6.07, 6.45) is 0. The molecule has 0 saturated heterocycles. The Morgan fingerprint density at radius 2 is 1.62 bits per heavy atom. The number of carbonyl (C=O) groups is 2. The van der Waals surface area contributed by atoms with Gasteiger partial charge in [-0.15, -0.1) is 0 Å². The maximum atomic E-state index is 11.9. The zero-order chi connectivity index (χ0) is 19.2. The number of aryl methyl sites for hydroxylation is 1. The standard InChI is InChI=1S/C18H20N2O5S/c1-13-3-5-14(6-4-13)11-20-17(21)12-25-18(22)15-7-9-16(10-8-15)26(23,24)19-2/h3-10,19H,11-12H2,1-2H3,(H,20,21). The molecule has 0 fully saturated rings. The topological polar surface area (TPSA) is 102 Å². The highest BCUT2D eigenvalue weighted by molar-refractivity contribution is 7.89. The van der Waals surface area contributed by atoms with Crippen molar-refractivity contribution in [1.29, 1.82) is 0 Å². The zero-order valence-corrected chi connectivity index (χ0v) is 15.3. The number of esters is 1. The normalized spacial score (nSPS) is 11.0. The van der Waals surface area contributed by atoms with Gasteiger partial charge in [0.2, 0.25) is 10.0 Å². The fourth-order valence-corrected chi connectivity index (χ4v) is 2.79. The molecule has 0 aliphatic carbocycles. The Morgan fingerprint density at radius 3 is 2.19 bits per heavy atom. The molecule has 1 amide bonds. The fourth-order valence-electron chi connectivity index (χ4n) is 2.06. The molecule has 2 aromatic rings. The SMILES string of the molecule is CNS(=O)(=O)c1ccc(C(=O)OCC(=O)NCc2ccc(C)cc2)cc1. The van der Waals surface area contributed by atoms with E-state index in [2.05, 4.69) is 10.0 Å². The van der Waals surface area contributed by atoms with Crippen LogP contribution < -0.4 is 10.0 Å². The molecule has 0 aliphatic rings. The van der Waals surface area contributed by atoms with Crippen molar-refractivity contribution in [2.24, 2.45) is 0 Å². The van der Waals surface area contributed by atoms with Gasteiger partial charge < -0.3 is 10.1 Å². The zero-order valence-electron chi connectivity index (χ0n) is 14.5. The first-order valence-corrected chi connectivity index (χ1v) is 9.33. The molecule has 138 valence electrons. The van der Waals surface area contributed by atoms with Crippen LogP contribution in [0.3, 0.4) is 0 Å². The quantitative estimate of drug-likeness (QED) is 0.711. The summed E-state index contributed by atoms with van der Waals surface area (Å²) in [6.45, 7) is 1.90. The van der Waals surface area contributed by atoms with E-state index in [4.69, 9.17) is 4.74 Å². The molecule has 0 atom stereocenters. The summed E-state index contributed by atoms with van der Waals surface area (Å²) in [5.41, 5.74) is 2.23. The number of hydrogen-bond donors (Lipinski definition) is 2. The first-order chi connectivity index (χ1) is 12.3. The van der Waals surface area contributed by atoms with Crippen LogP contribution in [0.2, 0.25) is 0 Å². The summed E-state index contributed by atoms with van der Waals surface area (Å²) in [4.78, 5) is 23.7. The molecule has 0 aromatic heterocycles. The second-order valence-corrected chi connectivity index (χ2v) is 7.46. The molecule has 7 nitrogen and oxygen atoms in total. The van der Waals surface area contributed by atoms with Gasteiger partial charge in [-0.1, -0.05) is 29.8 Å². The Kier molecular flexibility index (Phi) is 6.48. The van der Waals surface area contributed by atoms with Crippen LogP contribution >= 0.6 is 0 Å². The highest BCUT2D eigenvalue weighted by Gasteiger charge is 2.14. The third-order valence-electron chi connectivity index (χ3n) is 3.61. The van der Waals surface area contributed by atoms with Crippen LogP contribution in [0.15, 0.2) is 53.4 Å². The Morgan fingerprint density at radius 1 is 1.00 bits per heavy atom. The van der Waals surface area contributed by atoms with Crippen molar-refractivity contribution >= 4 is 21.9 Å². The first kappa shape index (κ1) is 19.6. The Hall–Kier alpha value is -2.71. The van der Waals surface area contributed by atoms with Crippen molar-refractivity contribution in [3.63, 3.8) is 0 Å². The largest absolute Gasteiger partial charge is 0.452 e. The van der Waals surface area contributed by atoms with Gasteiger partial charge >= 0.3 is 5.97 Å². The van der Waals surface area contributed by atoms with E-state index in [1.807, 2.05) is 31.2 Å². The summed E-state index contributed by atoms with van der Waals surface area (Å²) >= 11 is 0. The molecule has 2 N–H and O–H groups in total. The monoisotopic (exact) mass is 376 g/mol. The van der Waals surface area contributed by atoms with Crippen molar-refractivity contribution in [1.82, 2.24) is 10.0 Å². The summed E-state index contributed by atoms with van der Waals surface area (Å²) in [7, 11) is -2.27. The number of carbonyl (C=O) groups excluding carboxylic acids is 2. The smallest absolute Gasteiger partial charge is 0.338 e. The molecule has 0 aliphatic heterocycles. The van der Waals surface area contributed by atoms with Crippen LogP contribution in [-0.4, -0.2) is 33.9 Å². The average Bonchev–Trinajstić information content (AvgIpc) is 2.65. The van der Waals surface area contributed by atoms with E-state index in [1.54, 1.807) is 0 Å². The molecular weight excluding hydrogens is 356 g/mol. The third-order valence-corrected chi connectivity index (χ3v) is 5.04. The number of amides is 1. The van der Waals surface area contributed by atoms with Crippen LogP contribution in [0.5, 0.6) is 0 Å². The highest BCUT2D eigenvalue weighted by atomic mass is 32.2. The lowest BCUT2D eigenvalue weighted by Gasteiger charge is -2.08. The van der Waals surface area contributed by atoms with E-state index in [1.165, 1.54) is 31.3 Å². The Balaban J connectivity index is 1.84. The minimum Gasteiger partial charge on any atom is -0.452 e. The van der Waals surface area contributed by atoms with Crippen LogP contribution in [0.1, 0.15) is 21.5 Å². The predicted octanol–water partition coefficient (Wildman–Crippen LogP) is 1.38. The van der Waals surface area contributed by atoms with Gasteiger partial charge in [0, 0.05) is 6.54 Å². The Labute approximate surface area is 152 Å². The molecule has 0 radical (unpaired) electrons. The van der Waals surface area contributed by atoms with E-state index in [0.29, 0.717) is 6.54 Å². The maximum absolute atomic E-state index is 11.9. The first-order valence-electron chi connectivity index (χ1n) is 7.85. The van der Waals surface area contributed by atoms with Crippen LogP contribution in [0.4, 0.5) is 0 Å². The number of nitrogens with one attached hydrogen (secondary N) is 2. The lowest BCUT2D eigenvalue weighted by molar-refractivity contribution is -0.124. The van der Waals surface area contributed by atoms with Crippen molar-refractivity contribution in [3.8, 4) is 0 Å². The van der Waals surface area contributed by atoms with Crippen molar-refractivity contribution < 1.29 is 22.7 Å². The molecule has 26 heavy (non-hydrogen) atoms. The molecule has 0 unspecified atom stereocenters. The second kappa shape index (κ2) is 8.59. The predicted molar refractivity (Wildman–Crippen MR) is 96.0 cm³/mol. The van der Waals surface area contributed by atoms with Crippen molar-refractivity contribution in [3.05, 3.63) is 65.2 Å². The van der Waals surface area contributed by atoms with Crippen LogP contribution in [0.25, 0.3) is 0 Å². The van der Waals surface area contributed by atoms with E-state index in [9.17, 15) is 18.0 Å². The summed E-state index contributed by atoms with van der Waals surface area (Å²) in [5, 5.41) is 2.66. The number of sulfonamides is 1. The lowest BCUT2D eigenvalue weighted by atomic mass is 10.1. The fraction of sp³-hybridized carbons (Fsp3) is 0.222. The number of ether oxygens (including phenoxy) is 1. The summed E-state index contributed by atoms with van der Waals surface area (Å²) in [5.74, 6) is -1.13. The lowest BCUT2D eigenvalue weighted by Crippen LogP contribution is -2.28. The number of benzene rings is 2. The van der Waals surface area contributed by atoms with Crippen molar-refractivity contribution in [2.45, 2.75) is 18.4 Å². The minimum atomic E-state index is -3.57. The molecule has 0 heterocycles. The molecule has 0 bridgehead atoms. The third kappa shape index (κ3) is 5.40. The van der Waals surface area contributed by atoms with E-state index in [-0.39, 0.29) is 10.5 Å². The number of rotatable bonds is 7. The molecule has 8 heteroatoms. The summed E-state index contributed by atoms with van der Waals surface area (Å²) < 4.78 is 30.4. The minimum absolute atomic E-state index is 0.0346. The summed E-state index contributed by atoms with van der Waals surface area (Å²) in [6, 6.07) is 12.9. The van der Waals surface area contributed by atoms with Crippen LogP contribution in [-0.2, 0) is 26.1 Å². The van der Waals surface area contributed by atoms with E-state index in [0.717, 1.165) is 11.1 Å². The van der Waals surface area contributed by atoms with Gasteiger partial charge in [0.25, 0.3) is 5.91 Å². The second-order valence-electron chi connectivity index (χ2n) is 5.57. The van der Waals surface area contributed by atoms with E-state index < -0.39 is 28.5 Å². The molecule has 0 saturated carbocycles. The van der Waals surface area contributed by atoms with Gasteiger partial charge in [0.15, 0.2) is 6.61 Å². The highest BCUT2D eigenvalue weighted by Crippen LogP contribution is 2.11. The van der Waals surface area contributed by atoms with Gasteiger partial charge in [-0.25, -0.2) is 17.9 Å². The van der Waals surface area contributed by atoms with Crippen LogP contribution in [0, 0.1) is 6.92 Å². The molecule has 2 aromatic carbocycles. The van der Waals surface area contributed by atoms with Gasteiger partial charge in [-0.3, -0.25) is 4.79 Å². The van der Waals surface area contributed by atoms with E-state index >= 15 is 0 Å². The van der Waals surface area contributed by atoms with Crippen molar-refractivity contribution in [2.75, 3.05) is 13.7 Å². The average molecular weight is 376 g/mol. The van der Waals surface area contributed by atoms with Gasteiger partial charge in [0.05, 0.1) is 10.5 Å². The molecular formula is C18H20N2O5S. The number of hydrogen-bond acceptors (Lipinski definition) is 5. The van der Waals surface area contributed by atoms with Gasteiger partial charge in [-0.2, -0.15) is 0 Å². The maximum Gasteiger partial charge on any atom is 0.338 e. The molecule has 0 spiro atoms. The molecule has 2 rings (SSSR count). The van der Waals surface area contributed by atoms with Gasteiger partial charge in [-0.05, 0) is 43.8 Å². The van der Waals surface area contributed by atoms with Gasteiger partial charge in [0.1, 0.15) is 0 Å².